The molecule has 0 aliphatic carbocycles. The molecular formula is C18H16ClN3O. The third-order valence-electron chi connectivity index (χ3n) is 3.71. The molecule has 0 atom stereocenters. The molecule has 1 heterocycles. The van der Waals surface area contributed by atoms with Crippen molar-refractivity contribution in [1.29, 1.82) is 0 Å². The quantitative estimate of drug-likeness (QED) is 0.739. The van der Waals surface area contributed by atoms with Gasteiger partial charge in [0.1, 0.15) is 5.69 Å². The summed E-state index contributed by atoms with van der Waals surface area (Å²) in [5.74, 6) is -0.228. The molecule has 0 spiro atoms. The van der Waals surface area contributed by atoms with Gasteiger partial charge in [-0.2, -0.15) is 5.10 Å². The molecule has 3 aromatic rings. The Balaban J connectivity index is 1.79. The van der Waals surface area contributed by atoms with Crippen LogP contribution in [0.2, 0.25) is 5.02 Å². The Morgan fingerprint density at radius 1 is 1.09 bits per heavy atom. The van der Waals surface area contributed by atoms with Gasteiger partial charge in [0.15, 0.2) is 0 Å². The van der Waals surface area contributed by atoms with Gasteiger partial charge in [-0.25, -0.2) is 0 Å². The summed E-state index contributed by atoms with van der Waals surface area (Å²) in [7, 11) is 0. The number of halogens is 1. The van der Waals surface area contributed by atoms with E-state index in [2.05, 4.69) is 15.5 Å². The van der Waals surface area contributed by atoms with Crippen LogP contribution >= 0.6 is 11.6 Å². The molecule has 5 heteroatoms. The number of hydrogen-bond acceptors (Lipinski definition) is 2. The largest absolute Gasteiger partial charge is 0.321 e. The van der Waals surface area contributed by atoms with Crippen LogP contribution in [0.25, 0.3) is 11.3 Å². The number of aromatic amines is 1. The SMILES string of the molecule is Cc1ccc(NC(=O)c2cc(-c3cccc(Cl)c3)n[nH]2)cc1C. The lowest BCUT2D eigenvalue weighted by molar-refractivity contribution is 0.102. The molecule has 0 radical (unpaired) electrons. The predicted octanol–water partition coefficient (Wildman–Crippen LogP) is 4.60. The molecule has 1 amide bonds. The van der Waals surface area contributed by atoms with Crippen LogP contribution in [0.5, 0.6) is 0 Å². The van der Waals surface area contributed by atoms with E-state index in [4.69, 9.17) is 11.6 Å². The zero-order valence-electron chi connectivity index (χ0n) is 12.9. The van der Waals surface area contributed by atoms with Gasteiger partial charge in [0.05, 0.1) is 5.69 Å². The summed E-state index contributed by atoms with van der Waals surface area (Å²) in [6, 6.07) is 14.9. The summed E-state index contributed by atoms with van der Waals surface area (Å²) in [4.78, 5) is 12.3. The molecule has 0 fully saturated rings. The number of anilines is 1. The molecule has 0 saturated heterocycles. The monoisotopic (exact) mass is 325 g/mol. The number of carbonyl (C=O) groups excluding carboxylic acids is 1. The third kappa shape index (κ3) is 3.43. The number of benzene rings is 2. The molecule has 116 valence electrons. The lowest BCUT2D eigenvalue weighted by atomic mass is 10.1. The van der Waals surface area contributed by atoms with Crippen LogP contribution in [0.15, 0.2) is 48.5 Å². The van der Waals surface area contributed by atoms with E-state index < -0.39 is 0 Å². The van der Waals surface area contributed by atoms with Crippen molar-refractivity contribution in [2.24, 2.45) is 0 Å². The number of hydrogen-bond donors (Lipinski definition) is 2. The summed E-state index contributed by atoms with van der Waals surface area (Å²) in [6.45, 7) is 4.05. The minimum Gasteiger partial charge on any atom is -0.321 e. The minimum absolute atomic E-state index is 0.228. The Bertz CT molecular complexity index is 870. The molecular weight excluding hydrogens is 310 g/mol. The van der Waals surface area contributed by atoms with Crippen molar-refractivity contribution in [3.05, 3.63) is 70.4 Å². The smallest absolute Gasteiger partial charge is 0.273 e. The van der Waals surface area contributed by atoms with Crippen LogP contribution < -0.4 is 5.32 Å². The number of aryl methyl sites for hydroxylation is 2. The fraction of sp³-hybridized carbons (Fsp3) is 0.111. The number of H-pyrrole nitrogens is 1. The zero-order chi connectivity index (χ0) is 16.4. The second kappa shape index (κ2) is 6.26. The second-order valence-corrected chi connectivity index (χ2v) is 5.87. The van der Waals surface area contributed by atoms with E-state index >= 15 is 0 Å². The number of aromatic nitrogens is 2. The van der Waals surface area contributed by atoms with E-state index in [9.17, 15) is 4.79 Å². The minimum atomic E-state index is -0.228. The normalized spacial score (nSPS) is 10.6. The predicted molar refractivity (Wildman–Crippen MR) is 92.9 cm³/mol. The maximum absolute atomic E-state index is 12.3. The van der Waals surface area contributed by atoms with E-state index in [-0.39, 0.29) is 5.91 Å². The molecule has 0 aliphatic rings. The van der Waals surface area contributed by atoms with Gasteiger partial charge in [-0.1, -0.05) is 29.8 Å². The van der Waals surface area contributed by atoms with Crippen LogP contribution in [-0.4, -0.2) is 16.1 Å². The third-order valence-corrected chi connectivity index (χ3v) is 3.94. The van der Waals surface area contributed by atoms with Gasteiger partial charge in [0.25, 0.3) is 5.91 Å². The lowest BCUT2D eigenvalue weighted by Gasteiger charge is -2.06. The number of amides is 1. The number of rotatable bonds is 3. The first-order chi connectivity index (χ1) is 11.0. The van der Waals surface area contributed by atoms with Gasteiger partial charge >= 0.3 is 0 Å². The molecule has 1 aromatic heterocycles. The van der Waals surface area contributed by atoms with Crippen LogP contribution in [0, 0.1) is 13.8 Å². The molecule has 0 unspecified atom stereocenters. The van der Waals surface area contributed by atoms with Crippen LogP contribution in [-0.2, 0) is 0 Å². The van der Waals surface area contributed by atoms with Gasteiger partial charge in [-0.15, -0.1) is 0 Å². The molecule has 0 saturated carbocycles. The number of nitrogens with zero attached hydrogens (tertiary/aromatic N) is 1. The summed E-state index contributed by atoms with van der Waals surface area (Å²) in [5, 5.41) is 10.4. The Kier molecular flexibility index (Phi) is 4.17. The molecule has 0 bridgehead atoms. The molecule has 0 aliphatic heterocycles. The summed E-state index contributed by atoms with van der Waals surface area (Å²) < 4.78 is 0. The maximum Gasteiger partial charge on any atom is 0.273 e. The first kappa shape index (κ1) is 15.3. The van der Waals surface area contributed by atoms with Gasteiger partial charge < -0.3 is 5.32 Å². The molecule has 2 N–H and O–H groups in total. The summed E-state index contributed by atoms with van der Waals surface area (Å²) >= 11 is 5.98. The fourth-order valence-electron chi connectivity index (χ4n) is 2.25. The van der Waals surface area contributed by atoms with Crippen LogP contribution in [0.3, 0.4) is 0 Å². The van der Waals surface area contributed by atoms with E-state index in [0.717, 1.165) is 16.8 Å². The van der Waals surface area contributed by atoms with E-state index in [1.807, 2.05) is 50.2 Å². The molecule has 4 nitrogen and oxygen atoms in total. The molecule has 3 rings (SSSR count). The number of nitrogens with one attached hydrogen (secondary N) is 2. The molecule has 23 heavy (non-hydrogen) atoms. The van der Waals surface area contributed by atoms with Crippen molar-refractivity contribution in [2.75, 3.05) is 5.32 Å². The van der Waals surface area contributed by atoms with E-state index in [1.165, 1.54) is 5.56 Å². The first-order valence-corrected chi connectivity index (χ1v) is 7.61. The highest BCUT2D eigenvalue weighted by Gasteiger charge is 2.12. The fourth-order valence-corrected chi connectivity index (χ4v) is 2.44. The Hall–Kier alpha value is -2.59. The van der Waals surface area contributed by atoms with Crippen molar-refractivity contribution >= 4 is 23.2 Å². The van der Waals surface area contributed by atoms with Crippen molar-refractivity contribution < 1.29 is 4.79 Å². The highest BCUT2D eigenvalue weighted by molar-refractivity contribution is 6.30. The van der Waals surface area contributed by atoms with E-state index in [0.29, 0.717) is 16.4 Å². The van der Waals surface area contributed by atoms with Crippen molar-refractivity contribution in [1.82, 2.24) is 10.2 Å². The zero-order valence-corrected chi connectivity index (χ0v) is 13.6. The topological polar surface area (TPSA) is 57.8 Å². The molecule has 2 aromatic carbocycles. The van der Waals surface area contributed by atoms with Crippen molar-refractivity contribution in [3.63, 3.8) is 0 Å². The lowest BCUT2D eigenvalue weighted by Crippen LogP contribution is -2.12. The summed E-state index contributed by atoms with van der Waals surface area (Å²) in [5.41, 5.74) is 5.02. The Morgan fingerprint density at radius 3 is 2.65 bits per heavy atom. The van der Waals surface area contributed by atoms with E-state index in [1.54, 1.807) is 12.1 Å². The maximum atomic E-state index is 12.3. The van der Waals surface area contributed by atoms with Crippen LogP contribution in [0.1, 0.15) is 21.6 Å². The Labute approximate surface area is 139 Å². The average molecular weight is 326 g/mol. The second-order valence-electron chi connectivity index (χ2n) is 5.43. The van der Waals surface area contributed by atoms with Crippen LogP contribution in [0.4, 0.5) is 5.69 Å². The summed E-state index contributed by atoms with van der Waals surface area (Å²) in [6.07, 6.45) is 0. The Morgan fingerprint density at radius 2 is 1.91 bits per heavy atom. The van der Waals surface area contributed by atoms with Gasteiger partial charge in [-0.05, 0) is 55.3 Å². The van der Waals surface area contributed by atoms with Gasteiger partial charge in [0.2, 0.25) is 0 Å². The van der Waals surface area contributed by atoms with Crippen molar-refractivity contribution in [2.45, 2.75) is 13.8 Å². The van der Waals surface area contributed by atoms with Gasteiger partial charge in [0, 0.05) is 16.3 Å². The highest BCUT2D eigenvalue weighted by Crippen LogP contribution is 2.22. The van der Waals surface area contributed by atoms with Crippen molar-refractivity contribution in [3.8, 4) is 11.3 Å². The average Bonchev–Trinajstić information content (AvgIpc) is 3.01. The number of carbonyl (C=O) groups is 1. The highest BCUT2D eigenvalue weighted by atomic mass is 35.5. The standard InChI is InChI=1S/C18H16ClN3O/c1-11-6-7-15(8-12(11)2)20-18(23)17-10-16(21-22-17)13-4-3-5-14(19)9-13/h3-10H,1-2H3,(H,20,23)(H,21,22). The van der Waals surface area contributed by atoms with Gasteiger partial charge in [-0.3, -0.25) is 9.89 Å². The first-order valence-electron chi connectivity index (χ1n) is 7.23.